The second kappa shape index (κ2) is 4.07. The Morgan fingerprint density at radius 1 is 1.31 bits per heavy atom. The molecule has 1 aliphatic carbocycles. The summed E-state index contributed by atoms with van der Waals surface area (Å²) in [6, 6.07) is 5.62. The number of phenols is 1. The van der Waals surface area contributed by atoms with Crippen LogP contribution in [0.1, 0.15) is 36.8 Å². The number of rotatable bonds is 1. The van der Waals surface area contributed by atoms with Crippen molar-refractivity contribution in [3.63, 3.8) is 0 Å². The Hall–Kier alpha value is -1.06. The van der Waals surface area contributed by atoms with Gasteiger partial charge < -0.3 is 15.9 Å². The summed E-state index contributed by atoms with van der Waals surface area (Å²) in [5, 5.41) is 19.4. The Bertz CT molecular complexity index is 382. The van der Waals surface area contributed by atoms with Gasteiger partial charge in [-0.15, -0.1) is 0 Å². The Morgan fingerprint density at radius 2 is 1.94 bits per heavy atom. The number of hydrogen-bond donors (Lipinski definition) is 3. The van der Waals surface area contributed by atoms with Crippen LogP contribution in [0.15, 0.2) is 18.2 Å². The topological polar surface area (TPSA) is 66.5 Å². The minimum atomic E-state index is -0.475. The zero-order chi connectivity index (χ0) is 11.8. The van der Waals surface area contributed by atoms with Crippen LogP contribution in [0.3, 0.4) is 0 Å². The number of phenolic OH excluding ortho intramolecular Hbond substituents is 1. The molecule has 3 nitrogen and oxygen atoms in total. The van der Waals surface area contributed by atoms with E-state index in [9.17, 15) is 10.2 Å². The fourth-order valence-electron chi connectivity index (χ4n) is 2.45. The molecule has 0 bridgehead atoms. The molecule has 0 aliphatic heterocycles. The predicted octanol–water partition coefficient (Wildman–Crippen LogP) is 1.79. The first kappa shape index (κ1) is 11.4. The van der Waals surface area contributed by atoms with Crippen molar-refractivity contribution < 1.29 is 10.2 Å². The molecule has 3 heteroatoms. The third kappa shape index (κ3) is 2.06. The monoisotopic (exact) mass is 221 g/mol. The summed E-state index contributed by atoms with van der Waals surface area (Å²) in [7, 11) is 0. The van der Waals surface area contributed by atoms with E-state index in [4.69, 9.17) is 5.73 Å². The van der Waals surface area contributed by atoms with Crippen LogP contribution < -0.4 is 5.73 Å². The van der Waals surface area contributed by atoms with Crippen molar-refractivity contribution in [1.82, 2.24) is 0 Å². The van der Waals surface area contributed by atoms with Crippen molar-refractivity contribution in [1.29, 1.82) is 0 Å². The lowest BCUT2D eigenvalue weighted by molar-refractivity contribution is 0.0960. The van der Waals surface area contributed by atoms with Crippen molar-refractivity contribution in [3.8, 4) is 5.75 Å². The van der Waals surface area contributed by atoms with Gasteiger partial charge in [-0.25, -0.2) is 0 Å². The second-order valence-corrected chi connectivity index (χ2v) is 4.91. The predicted molar refractivity (Wildman–Crippen MR) is 63.2 cm³/mol. The number of aromatic hydroxyl groups is 1. The van der Waals surface area contributed by atoms with Crippen LogP contribution in [0.25, 0.3) is 0 Å². The molecule has 88 valence electrons. The van der Waals surface area contributed by atoms with Crippen molar-refractivity contribution >= 4 is 0 Å². The Labute approximate surface area is 95.9 Å². The SMILES string of the molecule is Cc1ccc(C2(N)CCC(O)CC2)c(O)c1. The van der Waals surface area contributed by atoms with Crippen LogP contribution >= 0.6 is 0 Å². The fourth-order valence-corrected chi connectivity index (χ4v) is 2.45. The highest BCUT2D eigenvalue weighted by Crippen LogP contribution is 2.39. The first-order valence-corrected chi connectivity index (χ1v) is 5.78. The van der Waals surface area contributed by atoms with E-state index in [1.54, 1.807) is 6.07 Å². The number of aliphatic hydroxyl groups is 1. The molecule has 4 N–H and O–H groups in total. The van der Waals surface area contributed by atoms with E-state index >= 15 is 0 Å². The van der Waals surface area contributed by atoms with E-state index in [0.717, 1.165) is 24.0 Å². The van der Waals surface area contributed by atoms with E-state index in [1.807, 2.05) is 19.1 Å². The molecule has 0 aromatic heterocycles. The zero-order valence-electron chi connectivity index (χ0n) is 9.61. The number of aryl methyl sites for hydroxylation is 1. The highest BCUT2D eigenvalue weighted by Gasteiger charge is 2.34. The van der Waals surface area contributed by atoms with Crippen LogP contribution in [-0.4, -0.2) is 16.3 Å². The van der Waals surface area contributed by atoms with Gasteiger partial charge in [-0.3, -0.25) is 0 Å². The average molecular weight is 221 g/mol. The zero-order valence-corrected chi connectivity index (χ0v) is 9.61. The highest BCUT2D eigenvalue weighted by atomic mass is 16.3. The van der Waals surface area contributed by atoms with Crippen molar-refractivity contribution in [3.05, 3.63) is 29.3 Å². The summed E-state index contributed by atoms with van der Waals surface area (Å²) in [6.45, 7) is 1.94. The van der Waals surface area contributed by atoms with E-state index in [-0.39, 0.29) is 11.9 Å². The van der Waals surface area contributed by atoms with Gasteiger partial charge in [0.25, 0.3) is 0 Å². The van der Waals surface area contributed by atoms with Gasteiger partial charge in [0.1, 0.15) is 5.75 Å². The van der Waals surface area contributed by atoms with E-state index in [2.05, 4.69) is 0 Å². The largest absolute Gasteiger partial charge is 0.508 e. The van der Waals surface area contributed by atoms with Crippen molar-refractivity contribution in [2.45, 2.75) is 44.2 Å². The van der Waals surface area contributed by atoms with E-state index in [1.165, 1.54) is 0 Å². The van der Waals surface area contributed by atoms with Crippen molar-refractivity contribution in [2.75, 3.05) is 0 Å². The molecule has 0 saturated heterocycles. The molecule has 0 radical (unpaired) electrons. The first-order valence-electron chi connectivity index (χ1n) is 5.78. The molecular weight excluding hydrogens is 202 g/mol. The van der Waals surface area contributed by atoms with Crippen LogP contribution in [0.4, 0.5) is 0 Å². The third-order valence-corrected chi connectivity index (χ3v) is 3.54. The maximum absolute atomic E-state index is 9.93. The number of hydrogen-bond acceptors (Lipinski definition) is 3. The summed E-state index contributed by atoms with van der Waals surface area (Å²) in [5.41, 5.74) is 7.69. The van der Waals surface area contributed by atoms with Gasteiger partial charge in [0, 0.05) is 11.1 Å². The summed E-state index contributed by atoms with van der Waals surface area (Å²) < 4.78 is 0. The molecule has 1 aromatic carbocycles. The smallest absolute Gasteiger partial charge is 0.120 e. The molecule has 1 saturated carbocycles. The van der Waals surface area contributed by atoms with E-state index in [0.29, 0.717) is 12.8 Å². The Kier molecular flexibility index (Phi) is 2.91. The van der Waals surface area contributed by atoms with Crippen LogP contribution in [-0.2, 0) is 5.54 Å². The summed E-state index contributed by atoms with van der Waals surface area (Å²) in [4.78, 5) is 0. The Morgan fingerprint density at radius 3 is 2.50 bits per heavy atom. The number of aliphatic hydroxyl groups excluding tert-OH is 1. The molecular formula is C13H19NO2. The van der Waals surface area contributed by atoms with Gasteiger partial charge >= 0.3 is 0 Å². The maximum Gasteiger partial charge on any atom is 0.120 e. The van der Waals surface area contributed by atoms with Crippen LogP contribution in [0, 0.1) is 6.92 Å². The van der Waals surface area contributed by atoms with Crippen LogP contribution in [0.2, 0.25) is 0 Å². The highest BCUT2D eigenvalue weighted by molar-refractivity contribution is 5.41. The molecule has 0 spiro atoms. The van der Waals surface area contributed by atoms with Gasteiger partial charge in [0.05, 0.1) is 6.10 Å². The summed E-state index contributed by atoms with van der Waals surface area (Å²) >= 11 is 0. The number of benzene rings is 1. The maximum atomic E-state index is 9.93. The lowest BCUT2D eigenvalue weighted by atomic mass is 9.76. The Balaban J connectivity index is 2.29. The second-order valence-electron chi connectivity index (χ2n) is 4.91. The molecule has 1 fully saturated rings. The molecule has 0 amide bonds. The lowest BCUT2D eigenvalue weighted by Gasteiger charge is -2.36. The standard InChI is InChI=1S/C13H19NO2/c1-9-2-3-11(12(16)8-9)13(14)6-4-10(15)5-7-13/h2-3,8,10,15-16H,4-7,14H2,1H3. The molecule has 2 rings (SSSR count). The summed E-state index contributed by atoms with van der Waals surface area (Å²) in [5.74, 6) is 0.277. The average Bonchev–Trinajstić information content (AvgIpc) is 2.22. The minimum Gasteiger partial charge on any atom is -0.508 e. The molecule has 0 unspecified atom stereocenters. The molecule has 1 aromatic rings. The first-order chi connectivity index (χ1) is 7.51. The molecule has 0 heterocycles. The van der Waals surface area contributed by atoms with Gasteiger partial charge in [-0.2, -0.15) is 0 Å². The van der Waals surface area contributed by atoms with E-state index < -0.39 is 5.54 Å². The molecule has 1 aliphatic rings. The normalized spacial score (nSPS) is 30.3. The molecule has 0 atom stereocenters. The van der Waals surface area contributed by atoms with Gasteiger partial charge in [0.2, 0.25) is 0 Å². The summed E-state index contributed by atoms with van der Waals surface area (Å²) in [6.07, 6.45) is 2.65. The molecule has 16 heavy (non-hydrogen) atoms. The number of nitrogens with two attached hydrogens (primary N) is 1. The van der Waals surface area contributed by atoms with Gasteiger partial charge in [0.15, 0.2) is 0 Å². The van der Waals surface area contributed by atoms with Gasteiger partial charge in [-0.05, 0) is 44.2 Å². The van der Waals surface area contributed by atoms with Gasteiger partial charge in [-0.1, -0.05) is 12.1 Å². The fraction of sp³-hybridized carbons (Fsp3) is 0.538. The van der Waals surface area contributed by atoms with Crippen LogP contribution in [0.5, 0.6) is 5.75 Å². The quantitative estimate of drug-likeness (QED) is 0.677. The lowest BCUT2D eigenvalue weighted by Crippen LogP contribution is -2.41. The van der Waals surface area contributed by atoms with Crippen molar-refractivity contribution in [2.24, 2.45) is 5.73 Å². The third-order valence-electron chi connectivity index (χ3n) is 3.54. The minimum absolute atomic E-state index is 0.232.